The van der Waals surface area contributed by atoms with Crippen molar-refractivity contribution >= 4 is 22.7 Å². The molecule has 0 radical (unpaired) electrons. The van der Waals surface area contributed by atoms with Gasteiger partial charge < -0.3 is 9.84 Å². The lowest BCUT2D eigenvalue weighted by Crippen LogP contribution is -2.48. The average Bonchev–Trinajstić information content (AvgIpc) is 2.50. The Morgan fingerprint density at radius 3 is 2.90 bits per heavy atom. The van der Waals surface area contributed by atoms with E-state index in [4.69, 9.17) is 4.74 Å². The summed E-state index contributed by atoms with van der Waals surface area (Å²) >= 11 is 0. The fourth-order valence-corrected chi connectivity index (χ4v) is 2.77. The number of hydrogen-bond acceptors (Lipinski definition) is 4. The number of benzene rings is 1. The first-order valence-corrected chi connectivity index (χ1v) is 6.80. The first-order valence-electron chi connectivity index (χ1n) is 6.80. The molecule has 2 heterocycles. The van der Waals surface area contributed by atoms with Crippen molar-refractivity contribution in [3.8, 4) is 0 Å². The number of rotatable bonds is 3. The SMILES string of the molecule is O=C(O)C1(Cc2ccnc3ccccc23)COCCC1=O. The van der Waals surface area contributed by atoms with Crippen LogP contribution >= 0.6 is 0 Å². The highest BCUT2D eigenvalue weighted by atomic mass is 16.5. The average molecular weight is 285 g/mol. The first-order chi connectivity index (χ1) is 10.1. The molecule has 5 heteroatoms. The summed E-state index contributed by atoms with van der Waals surface area (Å²) < 4.78 is 5.28. The predicted octanol–water partition coefficient (Wildman–Crippen LogP) is 1.84. The van der Waals surface area contributed by atoms with Crippen LogP contribution in [-0.2, 0) is 20.7 Å². The molecule has 1 fully saturated rings. The molecule has 1 N–H and O–H groups in total. The van der Waals surface area contributed by atoms with Gasteiger partial charge in [0.1, 0.15) is 0 Å². The van der Waals surface area contributed by atoms with Crippen molar-refractivity contribution in [1.82, 2.24) is 4.98 Å². The Balaban J connectivity index is 2.06. The third kappa shape index (κ3) is 2.29. The van der Waals surface area contributed by atoms with E-state index in [9.17, 15) is 14.7 Å². The van der Waals surface area contributed by atoms with Crippen molar-refractivity contribution in [2.75, 3.05) is 13.2 Å². The summed E-state index contributed by atoms with van der Waals surface area (Å²) in [5.41, 5.74) is 0.115. The van der Waals surface area contributed by atoms with E-state index < -0.39 is 11.4 Å². The maximum absolute atomic E-state index is 12.2. The van der Waals surface area contributed by atoms with Crippen LogP contribution in [0.3, 0.4) is 0 Å². The van der Waals surface area contributed by atoms with Gasteiger partial charge >= 0.3 is 5.97 Å². The second-order valence-corrected chi connectivity index (χ2v) is 5.28. The minimum absolute atomic E-state index is 0.0716. The Hall–Kier alpha value is -2.27. The van der Waals surface area contributed by atoms with Gasteiger partial charge in [0.2, 0.25) is 0 Å². The lowest BCUT2D eigenvalue weighted by molar-refractivity contribution is -0.164. The number of hydrogen-bond donors (Lipinski definition) is 1. The van der Waals surface area contributed by atoms with Gasteiger partial charge in [0.05, 0.1) is 18.7 Å². The molecular weight excluding hydrogens is 270 g/mol. The molecule has 1 unspecified atom stereocenters. The van der Waals surface area contributed by atoms with Crippen LogP contribution in [0.2, 0.25) is 0 Å². The molecule has 0 saturated carbocycles. The van der Waals surface area contributed by atoms with Crippen LogP contribution in [0.1, 0.15) is 12.0 Å². The zero-order valence-electron chi connectivity index (χ0n) is 11.4. The number of pyridine rings is 1. The summed E-state index contributed by atoms with van der Waals surface area (Å²) in [6.07, 6.45) is 1.92. The van der Waals surface area contributed by atoms with Gasteiger partial charge in [-0.15, -0.1) is 0 Å². The van der Waals surface area contributed by atoms with Gasteiger partial charge in [0.25, 0.3) is 0 Å². The Kier molecular flexibility index (Phi) is 3.43. The number of Topliss-reactive ketones (excluding diaryl/α,β-unsaturated/α-hetero) is 1. The molecule has 1 aromatic carbocycles. The number of aliphatic carboxylic acids is 1. The van der Waals surface area contributed by atoms with Gasteiger partial charge in [0.15, 0.2) is 11.2 Å². The normalized spacial score (nSPS) is 22.4. The standard InChI is InChI=1S/C16H15NO4/c18-14-6-8-21-10-16(14,15(19)20)9-11-5-7-17-13-4-2-1-3-12(11)13/h1-5,7H,6,8-10H2,(H,19,20). The van der Waals surface area contributed by atoms with Gasteiger partial charge in [-0.3, -0.25) is 14.6 Å². The number of carboxylic acid groups (broad SMARTS) is 1. The second-order valence-electron chi connectivity index (χ2n) is 5.28. The second kappa shape index (κ2) is 5.26. The van der Waals surface area contributed by atoms with Crippen LogP contribution < -0.4 is 0 Å². The highest BCUT2D eigenvalue weighted by molar-refractivity contribution is 6.04. The lowest BCUT2D eigenvalue weighted by atomic mass is 9.75. The molecule has 21 heavy (non-hydrogen) atoms. The molecular formula is C16H15NO4. The van der Waals surface area contributed by atoms with E-state index in [0.717, 1.165) is 16.5 Å². The van der Waals surface area contributed by atoms with Crippen LogP contribution in [-0.4, -0.2) is 35.1 Å². The molecule has 0 spiro atoms. The minimum Gasteiger partial charge on any atom is -0.480 e. The van der Waals surface area contributed by atoms with Crippen molar-refractivity contribution < 1.29 is 19.4 Å². The lowest BCUT2D eigenvalue weighted by Gasteiger charge is -2.31. The molecule has 5 nitrogen and oxygen atoms in total. The number of aromatic nitrogens is 1. The highest BCUT2D eigenvalue weighted by Gasteiger charge is 2.48. The number of nitrogens with zero attached hydrogens (tertiary/aromatic N) is 1. The molecule has 108 valence electrons. The number of ether oxygens (including phenoxy) is 1. The number of carbonyl (C=O) groups is 2. The summed E-state index contributed by atoms with van der Waals surface area (Å²) in [4.78, 5) is 28.2. The van der Waals surface area contributed by atoms with E-state index in [1.54, 1.807) is 12.3 Å². The summed E-state index contributed by atoms with van der Waals surface area (Å²) in [5.74, 6) is -1.38. The van der Waals surface area contributed by atoms with E-state index in [2.05, 4.69) is 4.98 Å². The number of ketones is 1. The molecule has 1 aliphatic heterocycles. The third-order valence-electron chi connectivity index (χ3n) is 4.00. The van der Waals surface area contributed by atoms with E-state index in [-0.39, 0.29) is 25.2 Å². The molecule has 2 aromatic rings. The Bertz CT molecular complexity index is 707. The van der Waals surface area contributed by atoms with Crippen molar-refractivity contribution in [1.29, 1.82) is 0 Å². The van der Waals surface area contributed by atoms with Crippen LogP contribution in [0.4, 0.5) is 0 Å². The topological polar surface area (TPSA) is 76.5 Å². The monoisotopic (exact) mass is 285 g/mol. The van der Waals surface area contributed by atoms with Gasteiger partial charge in [0, 0.05) is 18.0 Å². The van der Waals surface area contributed by atoms with Crippen molar-refractivity contribution in [3.05, 3.63) is 42.1 Å². The molecule has 0 bridgehead atoms. The summed E-state index contributed by atoms with van der Waals surface area (Å²) in [7, 11) is 0. The molecule has 0 aliphatic carbocycles. The summed E-state index contributed by atoms with van der Waals surface area (Å²) in [6, 6.07) is 9.28. The Labute approximate surface area is 121 Å². The van der Waals surface area contributed by atoms with E-state index in [0.29, 0.717) is 6.61 Å². The van der Waals surface area contributed by atoms with E-state index in [1.807, 2.05) is 24.3 Å². The number of carbonyl (C=O) groups excluding carboxylic acids is 1. The maximum atomic E-state index is 12.2. The fourth-order valence-electron chi connectivity index (χ4n) is 2.77. The van der Waals surface area contributed by atoms with Crippen LogP contribution in [0.15, 0.2) is 36.5 Å². The third-order valence-corrected chi connectivity index (χ3v) is 4.00. The molecule has 1 aliphatic rings. The molecule has 1 saturated heterocycles. The molecule has 1 aromatic heterocycles. The zero-order valence-corrected chi connectivity index (χ0v) is 11.4. The van der Waals surface area contributed by atoms with Crippen molar-refractivity contribution in [2.45, 2.75) is 12.8 Å². The predicted molar refractivity (Wildman–Crippen MR) is 76.0 cm³/mol. The van der Waals surface area contributed by atoms with Crippen molar-refractivity contribution in [2.24, 2.45) is 5.41 Å². The maximum Gasteiger partial charge on any atom is 0.319 e. The van der Waals surface area contributed by atoms with Crippen molar-refractivity contribution in [3.63, 3.8) is 0 Å². The molecule has 1 atom stereocenters. The minimum atomic E-state index is -1.48. The molecule has 3 rings (SSSR count). The van der Waals surface area contributed by atoms with Gasteiger partial charge in [-0.25, -0.2) is 0 Å². The quantitative estimate of drug-likeness (QED) is 0.871. The van der Waals surface area contributed by atoms with Gasteiger partial charge in [-0.2, -0.15) is 0 Å². The summed E-state index contributed by atoms with van der Waals surface area (Å²) in [5, 5.41) is 10.5. The first kappa shape index (κ1) is 13.7. The van der Waals surface area contributed by atoms with Crippen LogP contribution in [0.5, 0.6) is 0 Å². The Morgan fingerprint density at radius 2 is 2.14 bits per heavy atom. The van der Waals surface area contributed by atoms with Crippen LogP contribution in [0, 0.1) is 5.41 Å². The van der Waals surface area contributed by atoms with Crippen LogP contribution in [0.25, 0.3) is 10.9 Å². The molecule has 0 amide bonds. The smallest absolute Gasteiger partial charge is 0.319 e. The zero-order chi connectivity index (χ0) is 14.9. The van der Waals surface area contributed by atoms with Gasteiger partial charge in [-0.1, -0.05) is 18.2 Å². The highest BCUT2D eigenvalue weighted by Crippen LogP contribution is 2.32. The fraction of sp³-hybridized carbons (Fsp3) is 0.312. The van der Waals surface area contributed by atoms with E-state index in [1.165, 1.54) is 0 Å². The summed E-state index contributed by atoms with van der Waals surface area (Å²) in [6.45, 7) is 0.225. The number of carboxylic acids is 1. The number of fused-ring (bicyclic) bond motifs is 1. The van der Waals surface area contributed by atoms with E-state index >= 15 is 0 Å². The largest absolute Gasteiger partial charge is 0.480 e. The van der Waals surface area contributed by atoms with Gasteiger partial charge in [-0.05, 0) is 24.1 Å². The number of para-hydroxylation sites is 1. The Morgan fingerprint density at radius 1 is 1.33 bits per heavy atom.